The van der Waals surface area contributed by atoms with Crippen LogP contribution in [0.5, 0.6) is 0 Å². The smallest absolute Gasteiger partial charge is 0.326 e. The molecular formula is C20H27N3O5. The van der Waals surface area contributed by atoms with Crippen LogP contribution >= 0.6 is 0 Å². The predicted octanol–water partition coefficient (Wildman–Crippen LogP) is 1.47. The molecule has 8 nitrogen and oxygen atoms in total. The Morgan fingerprint density at radius 2 is 1.86 bits per heavy atom. The Kier molecular flexibility index (Phi) is 6.77. The van der Waals surface area contributed by atoms with Gasteiger partial charge in [0, 0.05) is 6.54 Å². The number of nitrogens with zero attached hydrogens (tertiary/aromatic N) is 1. The molecule has 28 heavy (non-hydrogen) atoms. The van der Waals surface area contributed by atoms with Crippen LogP contribution in [0.3, 0.4) is 0 Å². The number of imide groups is 1. The number of ether oxygens (including phenoxy) is 1. The van der Waals surface area contributed by atoms with Gasteiger partial charge in [0.1, 0.15) is 12.1 Å². The van der Waals surface area contributed by atoms with Gasteiger partial charge >= 0.3 is 12.0 Å². The molecule has 0 spiro atoms. The van der Waals surface area contributed by atoms with Crippen molar-refractivity contribution in [3.63, 3.8) is 0 Å². The number of rotatable bonds is 8. The summed E-state index contributed by atoms with van der Waals surface area (Å²) in [7, 11) is 0. The van der Waals surface area contributed by atoms with E-state index in [2.05, 4.69) is 10.6 Å². The third kappa shape index (κ3) is 5.09. The van der Waals surface area contributed by atoms with E-state index in [0.29, 0.717) is 18.0 Å². The summed E-state index contributed by atoms with van der Waals surface area (Å²) in [6.45, 7) is 7.08. The monoisotopic (exact) mass is 389 g/mol. The highest BCUT2D eigenvalue weighted by molar-refractivity contribution is 6.08. The van der Waals surface area contributed by atoms with Crippen LogP contribution < -0.4 is 10.6 Å². The van der Waals surface area contributed by atoms with Gasteiger partial charge in [-0.3, -0.25) is 19.3 Å². The molecule has 1 saturated heterocycles. The Balaban J connectivity index is 1.90. The molecule has 1 aliphatic heterocycles. The number of esters is 1. The normalized spacial score (nSPS) is 19.0. The van der Waals surface area contributed by atoms with E-state index in [1.165, 1.54) is 0 Å². The van der Waals surface area contributed by atoms with Gasteiger partial charge in [-0.25, -0.2) is 4.79 Å². The number of aryl methyl sites for hydroxylation is 1. The number of amides is 4. The van der Waals surface area contributed by atoms with E-state index in [4.69, 9.17) is 4.74 Å². The molecule has 0 aliphatic carbocycles. The van der Waals surface area contributed by atoms with Gasteiger partial charge in [-0.05, 0) is 31.7 Å². The van der Waals surface area contributed by atoms with E-state index < -0.39 is 42.5 Å². The van der Waals surface area contributed by atoms with Crippen LogP contribution in [0, 0.1) is 12.8 Å². The molecule has 1 aromatic carbocycles. The van der Waals surface area contributed by atoms with Gasteiger partial charge in [0.25, 0.3) is 11.8 Å². The molecule has 1 fully saturated rings. The molecule has 0 saturated carbocycles. The first kappa shape index (κ1) is 21.4. The molecule has 1 aromatic rings. The summed E-state index contributed by atoms with van der Waals surface area (Å²) in [5.41, 5.74) is 0.396. The molecule has 1 heterocycles. The lowest BCUT2D eigenvalue weighted by Crippen LogP contribution is -2.42. The van der Waals surface area contributed by atoms with Crippen molar-refractivity contribution in [1.82, 2.24) is 15.5 Å². The van der Waals surface area contributed by atoms with Gasteiger partial charge in [-0.1, -0.05) is 43.7 Å². The molecule has 0 unspecified atom stereocenters. The Hall–Kier alpha value is -2.90. The van der Waals surface area contributed by atoms with E-state index in [1.807, 2.05) is 32.9 Å². The van der Waals surface area contributed by atoms with Crippen LogP contribution in [-0.4, -0.2) is 48.4 Å². The minimum absolute atomic E-state index is 0.421. The maximum Gasteiger partial charge on any atom is 0.326 e. The molecule has 1 aliphatic rings. The molecule has 0 radical (unpaired) electrons. The summed E-state index contributed by atoms with van der Waals surface area (Å²) in [6.07, 6.45) is 0.819. The molecule has 0 bridgehead atoms. The van der Waals surface area contributed by atoms with Gasteiger partial charge in [-0.2, -0.15) is 0 Å². The van der Waals surface area contributed by atoms with Crippen molar-refractivity contribution in [3.05, 3.63) is 35.4 Å². The van der Waals surface area contributed by atoms with Crippen molar-refractivity contribution in [3.8, 4) is 0 Å². The second kappa shape index (κ2) is 8.86. The lowest BCUT2D eigenvalue weighted by molar-refractivity contribution is -0.151. The number of carbonyl (C=O) groups is 4. The molecule has 2 rings (SSSR count). The summed E-state index contributed by atoms with van der Waals surface area (Å²) >= 11 is 0. The van der Waals surface area contributed by atoms with Crippen LogP contribution in [0.15, 0.2) is 24.3 Å². The zero-order chi connectivity index (χ0) is 20.9. The number of nitrogens with one attached hydrogen (secondary N) is 2. The van der Waals surface area contributed by atoms with Crippen LogP contribution in [0.2, 0.25) is 0 Å². The largest absolute Gasteiger partial charge is 0.454 e. The van der Waals surface area contributed by atoms with E-state index >= 15 is 0 Å². The lowest BCUT2D eigenvalue weighted by atomic mass is 9.91. The lowest BCUT2D eigenvalue weighted by Gasteiger charge is -2.22. The maximum atomic E-state index is 12.8. The average Bonchev–Trinajstić information content (AvgIpc) is 2.84. The van der Waals surface area contributed by atoms with E-state index in [0.717, 1.165) is 16.9 Å². The third-order valence-corrected chi connectivity index (χ3v) is 4.60. The van der Waals surface area contributed by atoms with Crippen molar-refractivity contribution < 1.29 is 23.9 Å². The number of hydrogen-bond donors (Lipinski definition) is 2. The van der Waals surface area contributed by atoms with Crippen molar-refractivity contribution in [2.24, 2.45) is 5.92 Å². The quantitative estimate of drug-likeness (QED) is 0.517. The zero-order valence-electron chi connectivity index (χ0n) is 16.7. The van der Waals surface area contributed by atoms with Gasteiger partial charge < -0.3 is 15.4 Å². The number of carbonyl (C=O) groups excluding carboxylic acids is 4. The summed E-state index contributed by atoms with van der Waals surface area (Å²) in [6, 6.07) is 6.53. The number of urea groups is 1. The molecule has 2 N–H and O–H groups in total. The first-order valence-electron chi connectivity index (χ1n) is 9.27. The number of benzene rings is 1. The van der Waals surface area contributed by atoms with Crippen LogP contribution in [0.25, 0.3) is 0 Å². The molecule has 152 valence electrons. The Bertz CT molecular complexity index is 760. The SMILES string of the molecule is Cc1ccc([C@]2(C)NC(=O)N(CC(=O)OCC(=O)NCCC(C)C)C2=O)cc1. The Labute approximate surface area is 164 Å². The summed E-state index contributed by atoms with van der Waals surface area (Å²) < 4.78 is 4.88. The average molecular weight is 389 g/mol. The highest BCUT2D eigenvalue weighted by atomic mass is 16.5. The molecule has 1 atom stereocenters. The molecule has 8 heteroatoms. The minimum Gasteiger partial charge on any atom is -0.454 e. The van der Waals surface area contributed by atoms with Crippen molar-refractivity contribution >= 4 is 23.8 Å². The Morgan fingerprint density at radius 3 is 2.46 bits per heavy atom. The van der Waals surface area contributed by atoms with Crippen LogP contribution in [0.4, 0.5) is 4.79 Å². The van der Waals surface area contributed by atoms with Crippen molar-refractivity contribution in [1.29, 1.82) is 0 Å². The fourth-order valence-electron chi connectivity index (χ4n) is 2.80. The fraction of sp³-hybridized carbons (Fsp3) is 0.500. The van der Waals surface area contributed by atoms with Crippen LogP contribution in [0.1, 0.15) is 38.3 Å². The van der Waals surface area contributed by atoms with Crippen LogP contribution in [-0.2, 0) is 24.7 Å². The fourth-order valence-corrected chi connectivity index (χ4v) is 2.80. The summed E-state index contributed by atoms with van der Waals surface area (Å²) in [5.74, 6) is -1.34. The topological polar surface area (TPSA) is 105 Å². The van der Waals surface area contributed by atoms with Crippen molar-refractivity contribution in [2.45, 2.75) is 39.7 Å². The number of hydrogen-bond acceptors (Lipinski definition) is 5. The van der Waals surface area contributed by atoms with Gasteiger partial charge in [0.15, 0.2) is 6.61 Å². The van der Waals surface area contributed by atoms with Crippen molar-refractivity contribution in [2.75, 3.05) is 19.7 Å². The first-order chi connectivity index (χ1) is 13.1. The van der Waals surface area contributed by atoms with Gasteiger partial charge in [0.05, 0.1) is 0 Å². The van der Waals surface area contributed by atoms with E-state index in [1.54, 1.807) is 19.1 Å². The van der Waals surface area contributed by atoms with Gasteiger partial charge in [0.2, 0.25) is 0 Å². The maximum absolute atomic E-state index is 12.8. The summed E-state index contributed by atoms with van der Waals surface area (Å²) in [4.78, 5) is 49.4. The van der Waals surface area contributed by atoms with Gasteiger partial charge in [-0.15, -0.1) is 0 Å². The molecule has 4 amide bonds. The first-order valence-corrected chi connectivity index (χ1v) is 9.27. The second-order valence-electron chi connectivity index (χ2n) is 7.51. The highest BCUT2D eigenvalue weighted by Gasteiger charge is 2.49. The molecule has 0 aromatic heterocycles. The van der Waals surface area contributed by atoms with E-state index in [-0.39, 0.29) is 0 Å². The van der Waals surface area contributed by atoms with E-state index in [9.17, 15) is 19.2 Å². The molecular weight excluding hydrogens is 362 g/mol. The Morgan fingerprint density at radius 1 is 1.21 bits per heavy atom. The third-order valence-electron chi connectivity index (χ3n) is 4.60. The highest BCUT2D eigenvalue weighted by Crippen LogP contribution is 2.28. The standard InChI is InChI=1S/C20H27N3O5/c1-13(2)9-10-21-16(24)12-28-17(25)11-23-18(26)20(4,22-19(23)27)15-7-5-14(3)6-8-15/h5-8,13H,9-12H2,1-4H3,(H,21,24)(H,22,27)/t20-/m0/s1. The predicted molar refractivity (Wildman–Crippen MR) is 102 cm³/mol. The summed E-state index contributed by atoms with van der Waals surface area (Å²) in [5, 5.41) is 5.27. The second-order valence-corrected chi connectivity index (χ2v) is 7.51. The zero-order valence-corrected chi connectivity index (χ0v) is 16.7. The minimum atomic E-state index is -1.25.